The maximum atomic E-state index is 8.85. The van der Waals surface area contributed by atoms with E-state index in [1.807, 2.05) is 0 Å². The molecule has 2 aromatic heterocycles. The normalized spacial score (nSPS) is 18.3. The zero-order valence-corrected chi connectivity index (χ0v) is 16.3. The van der Waals surface area contributed by atoms with Gasteiger partial charge in [-0.25, -0.2) is 9.97 Å². The Balaban J connectivity index is 1.69. The summed E-state index contributed by atoms with van der Waals surface area (Å²) in [6.07, 6.45) is 4.51. The summed E-state index contributed by atoms with van der Waals surface area (Å²) < 4.78 is 1.04. The van der Waals surface area contributed by atoms with Crippen LogP contribution >= 0.6 is 15.9 Å². The summed E-state index contributed by atoms with van der Waals surface area (Å²) in [5.74, 6) is 0.968. The summed E-state index contributed by atoms with van der Waals surface area (Å²) in [5, 5.41) is 11.1. The number of hydrogen-bond donors (Lipinski definition) is 1. The highest BCUT2D eigenvalue weighted by Gasteiger charge is 2.25. The first kappa shape index (κ1) is 17.3. The molecule has 6 nitrogen and oxygen atoms in total. The van der Waals surface area contributed by atoms with Gasteiger partial charge in [0.2, 0.25) is 0 Å². The smallest absolute Gasteiger partial charge is 0.143 e. The van der Waals surface area contributed by atoms with E-state index in [4.69, 9.17) is 5.26 Å². The van der Waals surface area contributed by atoms with E-state index in [1.165, 1.54) is 0 Å². The number of fused-ring (bicyclic) bond motifs is 3. The van der Waals surface area contributed by atoms with Crippen molar-refractivity contribution in [2.24, 2.45) is 0 Å². The van der Waals surface area contributed by atoms with Crippen molar-refractivity contribution in [2.45, 2.75) is 25.3 Å². The van der Waals surface area contributed by atoms with Gasteiger partial charge in [0.25, 0.3) is 0 Å². The van der Waals surface area contributed by atoms with Crippen molar-refractivity contribution in [3.05, 3.63) is 29.0 Å². The van der Waals surface area contributed by atoms with E-state index in [9.17, 15) is 0 Å². The third-order valence-corrected chi connectivity index (χ3v) is 5.73. The molecule has 134 valence electrons. The predicted molar refractivity (Wildman–Crippen MR) is 107 cm³/mol. The van der Waals surface area contributed by atoms with Gasteiger partial charge < -0.3 is 14.8 Å². The number of halogens is 1. The predicted octanol–water partition coefficient (Wildman–Crippen LogP) is 3.69. The molecule has 3 aromatic rings. The Hall–Kier alpha value is -2.17. The van der Waals surface area contributed by atoms with Gasteiger partial charge in [-0.15, -0.1) is 0 Å². The number of anilines is 1. The molecule has 1 aliphatic rings. The summed E-state index contributed by atoms with van der Waals surface area (Å²) in [5.41, 5.74) is 1.93. The fourth-order valence-corrected chi connectivity index (χ4v) is 4.24. The van der Waals surface area contributed by atoms with Crippen LogP contribution in [0.15, 0.2) is 29.0 Å². The van der Waals surface area contributed by atoms with Gasteiger partial charge >= 0.3 is 0 Å². The minimum absolute atomic E-state index is 0.390. The van der Waals surface area contributed by atoms with E-state index in [1.54, 1.807) is 6.33 Å². The summed E-state index contributed by atoms with van der Waals surface area (Å²) in [6.45, 7) is 2.89. The van der Waals surface area contributed by atoms with Gasteiger partial charge in [-0.3, -0.25) is 0 Å². The maximum Gasteiger partial charge on any atom is 0.143 e. The number of aromatic amines is 1. The minimum atomic E-state index is 0.390. The third-order valence-electron chi connectivity index (χ3n) is 5.23. The molecule has 1 N–H and O–H groups in total. The second-order valence-corrected chi connectivity index (χ2v) is 7.77. The second-order valence-electron chi connectivity index (χ2n) is 6.85. The number of likely N-dealkylation sites (N-methyl/N-ethyl adjacent to an activating group) is 1. The molecule has 3 heterocycles. The van der Waals surface area contributed by atoms with Crippen LogP contribution in [0.4, 0.5) is 5.82 Å². The van der Waals surface area contributed by atoms with Crippen LogP contribution in [0.25, 0.3) is 21.9 Å². The fraction of sp³-hybridized carbons (Fsp3) is 0.421. The topological polar surface area (TPSA) is 71.8 Å². The Morgan fingerprint density at radius 2 is 2.31 bits per heavy atom. The van der Waals surface area contributed by atoms with E-state index >= 15 is 0 Å². The van der Waals surface area contributed by atoms with Gasteiger partial charge in [0.15, 0.2) is 0 Å². The first-order chi connectivity index (χ1) is 12.7. The number of piperidine rings is 1. The molecule has 0 radical (unpaired) electrons. The second kappa shape index (κ2) is 7.22. The Bertz CT molecular complexity index is 975. The lowest BCUT2D eigenvalue weighted by Crippen LogP contribution is -2.47. The highest BCUT2D eigenvalue weighted by atomic mass is 79.9. The number of nitrogens with one attached hydrogen (secondary N) is 1. The Kier molecular flexibility index (Phi) is 4.79. The first-order valence-electron chi connectivity index (χ1n) is 8.91. The lowest BCUT2D eigenvalue weighted by atomic mass is 10.0. The molecular weight excluding hydrogens is 392 g/mol. The van der Waals surface area contributed by atoms with Crippen molar-refractivity contribution in [1.29, 1.82) is 5.26 Å². The molecule has 4 rings (SSSR count). The minimum Gasteiger partial charge on any atom is -0.355 e. The van der Waals surface area contributed by atoms with Gasteiger partial charge in [0.05, 0.1) is 11.5 Å². The molecule has 1 fully saturated rings. The number of nitrogens with zero attached hydrogens (tertiary/aromatic N) is 5. The quantitative estimate of drug-likeness (QED) is 0.707. The number of likely N-dealkylation sites (tertiary alicyclic amines) is 1. The molecule has 0 saturated carbocycles. The number of rotatable bonds is 4. The SMILES string of the molecule is CN(c1ncnc2[nH]c3cc(Br)ccc3c12)C1CCCN(CCC#N)C1. The monoisotopic (exact) mass is 412 g/mol. The van der Waals surface area contributed by atoms with Crippen molar-refractivity contribution in [1.82, 2.24) is 19.9 Å². The van der Waals surface area contributed by atoms with Crippen LogP contribution in [0, 0.1) is 11.3 Å². The van der Waals surface area contributed by atoms with Crippen LogP contribution in [-0.4, -0.2) is 52.6 Å². The summed E-state index contributed by atoms with van der Waals surface area (Å²) in [4.78, 5) is 17.1. The highest BCUT2D eigenvalue weighted by molar-refractivity contribution is 9.10. The van der Waals surface area contributed by atoms with Crippen LogP contribution in [0.2, 0.25) is 0 Å². The lowest BCUT2D eigenvalue weighted by molar-refractivity contribution is 0.210. The van der Waals surface area contributed by atoms with Gasteiger partial charge in [-0.05, 0) is 31.5 Å². The fourth-order valence-electron chi connectivity index (χ4n) is 3.88. The molecule has 0 spiro atoms. The van der Waals surface area contributed by atoms with Crippen LogP contribution < -0.4 is 4.90 Å². The van der Waals surface area contributed by atoms with E-state index in [2.05, 4.69) is 72.0 Å². The number of aromatic nitrogens is 3. The van der Waals surface area contributed by atoms with E-state index in [-0.39, 0.29) is 0 Å². The number of H-pyrrole nitrogens is 1. The molecule has 1 aromatic carbocycles. The zero-order valence-electron chi connectivity index (χ0n) is 14.7. The van der Waals surface area contributed by atoms with Crippen LogP contribution in [0.3, 0.4) is 0 Å². The molecule has 7 heteroatoms. The van der Waals surface area contributed by atoms with Crippen LogP contribution in [0.5, 0.6) is 0 Å². The Labute approximate surface area is 161 Å². The van der Waals surface area contributed by atoms with Gasteiger partial charge in [-0.1, -0.05) is 22.0 Å². The molecule has 1 saturated heterocycles. The van der Waals surface area contributed by atoms with Crippen molar-refractivity contribution in [2.75, 3.05) is 31.6 Å². The first-order valence-corrected chi connectivity index (χ1v) is 9.70. The Morgan fingerprint density at radius 3 is 3.15 bits per heavy atom. The van der Waals surface area contributed by atoms with E-state index in [0.717, 1.165) is 64.7 Å². The Morgan fingerprint density at radius 1 is 1.42 bits per heavy atom. The molecule has 1 unspecified atom stereocenters. The molecular formula is C19H21BrN6. The van der Waals surface area contributed by atoms with Gasteiger partial charge in [-0.2, -0.15) is 5.26 Å². The number of benzene rings is 1. The molecule has 0 aliphatic carbocycles. The van der Waals surface area contributed by atoms with Gasteiger partial charge in [0, 0.05) is 48.0 Å². The van der Waals surface area contributed by atoms with Gasteiger partial charge in [0.1, 0.15) is 17.8 Å². The summed E-state index contributed by atoms with van der Waals surface area (Å²) in [7, 11) is 2.12. The van der Waals surface area contributed by atoms with Crippen LogP contribution in [0.1, 0.15) is 19.3 Å². The van der Waals surface area contributed by atoms with Crippen molar-refractivity contribution < 1.29 is 0 Å². The summed E-state index contributed by atoms with van der Waals surface area (Å²) >= 11 is 3.53. The molecule has 1 atom stereocenters. The largest absolute Gasteiger partial charge is 0.355 e. The van der Waals surface area contributed by atoms with Crippen LogP contribution in [-0.2, 0) is 0 Å². The molecule has 1 aliphatic heterocycles. The number of nitriles is 1. The molecule has 26 heavy (non-hydrogen) atoms. The van der Waals surface area contributed by atoms with E-state index < -0.39 is 0 Å². The zero-order chi connectivity index (χ0) is 18.1. The highest BCUT2D eigenvalue weighted by Crippen LogP contribution is 2.33. The summed E-state index contributed by atoms with van der Waals surface area (Å²) in [6, 6.07) is 8.88. The average Bonchev–Trinajstić information content (AvgIpc) is 3.03. The van der Waals surface area contributed by atoms with E-state index in [0.29, 0.717) is 12.5 Å². The average molecular weight is 413 g/mol. The number of hydrogen-bond acceptors (Lipinski definition) is 5. The van der Waals surface area contributed by atoms with Crippen molar-refractivity contribution in [3.63, 3.8) is 0 Å². The van der Waals surface area contributed by atoms with Crippen molar-refractivity contribution >= 4 is 43.7 Å². The molecule has 0 bridgehead atoms. The maximum absolute atomic E-state index is 8.85. The lowest BCUT2D eigenvalue weighted by Gasteiger charge is -2.38. The van der Waals surface area contributed by atoms with Crippen molar-refractivity contribution in [3.8, 4) is 6.07 Å². The third kappa shape index (κ3) is 3.15. The standard InChI is InChI=1S/C19H21BrN6/c1-25(14-4-2-8-26(11-14)9-3-7-21)19-17-15-6-5-13(20)10-16(15)24-18(17)22-12-23-19/h5-6,10,12,14H,2-4,8-9,11H2,1H3,(H,22,23,24). The molecule has 0 amide bonds.